The van der Waals surface area contributed by atoms with Crippen LogP contribution in [-0.4, -0.2) is 47.4 Å². The average molecular weight is 494 g/mol. The minimum Gasteiger partial charge on any atom is -0.454 e. The van der Waals surface area contributed by atoms with Crippen LogP contribution in [0, 0.1) is 24.0 Å². The van der Waals surface area contributed by atoms with Gasteiger partial charge in [-0.3, -0.25) is 19.7 Å². The summed E-state index contributed by atoms with van der Waals surface area (Å²) in [6, 6.07) is 7.99. The molecule has 0 aliphatic carbocycles. The Hall–Kier alpha value is -3.11. The Kier molecular flexibility index (Phi) is 9.68. The number of halogens is 1. The molecule has 1 atom stereocenters. The van der Waals surface area contributed by atoms with Crippen LogP contribution in [0.3, 0.4) is 0 Å². The number of nitrogens with one attached hydrogen (secondary N) is 2. The quantitative estimate of drug-likeness (QED) is 0.292. The van der Waals surface area contributed by atoms with E-state index in [4.69, 9.17) is 16.3 Å². The second kappa shape index (κ2) is 12.2. The number of amides is 2. The number of hydrogen-bond acceptors (Lipinski definition) is 7. The van der Waals surface area contributed by atoms with Gasteiger partial charge in [0.25, 0.3) is 17.5 Å². The molecule has 2 amide bonds. The van der Waals surface area contributed by atoms with Crippen molar-refractivity contribution in [3.63, 3.8) is 0 Å². The lowest BCUT2D eigenvalue weighted by Crippen LogP contribution is -2.43. The molecule has 11 heteroatoms. The summed E-state index contributed by atoms with van der Waals surface area (Å²) in [7, 11) is 0. The van der Waals surface area contributed by atoms with Gasteiger partial charge in [0.2, 0.25) is 0 Å². The molecule has 0 radical (unpaired) electrons. The third-order valence-corrected chi connectivity index (χ3v) is 5.58. The van der Waals surface area contributed by atoms with Gasteiger partial charge in [0.15, 0.2) is 6.61 Å². The number of nitro benzene ring substituents is 1. The summed E-state index contributed by atoms with van der Waals surface area (Å²) in [5.74, 6) is -1.42. The Morgan fingerprint density at radius 3 is 2.55 bits per heavy atom. The predicted octanol–water partition coefficient (Wildman–Crippen LogP) is 3.90. The van der Waals surface area contributed by atoms with Gasteiger partial charge in [-0.15, -0.1) is 0 Å². The van der Waals surface area contributed by atoms with Crippen molar-refractivity contribution in [2.45, 2.75) is 26.3 Å². The van der Waals surface area contributed by atoms with Gasteiger partial charge in [0, 0.05) is 17.8 Å². The smallest absolute Gasteiger partial charge is 0.329 e. The van der Waals surface area contributed by atoms with Gasteiger partial charge in [-0.05, 0) is 55.5 Å². The van der Waals surface area contributed by atoms with Crippen LogP contribution in [0.15, 0.2) is 36.4 Å². The molecule has 0 heterocycles. The third kappa shape index (κ3) is 7.76. The molecule has 2 N–H and O–H groups in total. The highest BCUT2D eigenvalue weighted by Crippen LogP contribution is 2.22. The number of aryl methyl sites for hydroxylation is 2. The lowest BCUT2D eigenvalue weighted by Gasteiger charge is -2.18. The van der Waals surface area contributed by atoms with E-state index >= 15 is 0 Å². The second-order valence-corrected chi connectivity index (χ2v) is 8.60. The van der Waals surface area contributed by atoms with E-state index in [2.05, 4.69) is 10.6 Å². The van der Waals surface area contributed by atoms with Crippen LogP contribution in [0.25, 0.3) is 0 Å². The van der Waals surface area contributed by atoms with E-state index < -0.39 is 35.4 Å². The zero-order valence-electron chi connectivity index (χ0n) is 18.3. The summed E-state index contributed by atoms with van der Waals surface area (Å²) in [5, 5.41) is 16.0. The maximum atomic E-state index is 12.6. The van der Waals surface area contributed by atoms with Crippen LogP contribution < -0.4 is 10.6 Å². The third-order valence-electron chi connectivity index (χ3n) is 4.62. The molecule has 2 aromatic rings. The molecule has 2 rings (SSSR count). The Morgan fingerprint density at radius 2 is 1.91 bits per heavy atom. The Bertz CT molecular complexity index is 1060. The van der Waals surface area contributed by atoms with Crippen LogP contribution in [0.1, 0.15) is 27.9 Å². The molecular weight excluding hydrogens is 470 g/mol. The number of rotatable bonds is 10. The summed E-state index contributed by atoms with van der Waals surface area (Å²) < 4.78 is 5.13. The fraction of sp³-hybridized carbons (Fsp3) is 0.318. The highest BCUT2D eigenvalue weighted by atomic mass is 35.5. The van der Waals surface area contributed by atoms with E-state index in [-0.39, 0.29) is 22.7 Å². The Morgan fingerprint density at radius 1 is 1.18 bits per heavy atom. The van der Waals surface area contributed by atoms with Gasteiger partial charge in [0.05, 0.1) is 15.5 Å². The number of ether oxygens (including phenoxy) is 1. The summed E-state index contributed by atoms with van der Waals surface area (Å²) in [5.41, 5.74) is 2.18. The van der Waals surface area contributed by atoms with Gasteiger partial charge >= 0.3 is 5.97 Å². The lowest BCUT2D eigenvalue weighted by atomic mass is 10.1. The van der Waals surface area contributed by atoms with Crippen LogP contribution in [0.5, 0.6) is 0 Å². The molecule has 0 fully saturated rings. The van der Waals surface area contributed by atoms with Gasteiger partial charge in [-0.1, -0.05) is 23.7 Å². The van der Waals surface area contributed by atoms with E-state index in [9.17, 15) is 24.5 Å². The van der Waals surface area contributed by atoms with Crippen molar-refractivity contribution >= 4 is 52.5 Å². The largest absolute Gasteiger partial charge is 0.454 e. The van der Waals surface area contributed by atoms with Crippen molar-refractivity contribution in [3.8, 4) is 0 Å². The molecule has 9 nitrogen and oxygen atoms in total. The molecule has 0 spiro atoms. The molecule has 33 heavy (non-hydrogen) atoms. The summed E-state index contributed by atoms with van der Waals surface area (Å²) in [6.07, 6.45) is 2.10. The number of nitro groups is 1. The van der Waals surface area contributed by atoms with Crippen molar-refractivity contribution < 1.29 is 24.0 Å². The SMILES string of the molecule is CSCC[C@H](NC(=O)c1ccc([N+](=O)[O-])cc1Cl)C(=O)OCC(=O)Nc1cc(C)ccc1C. The molecule has 0 aliphatic heterocycles. The second-order valence-electron chi connectivity index (χ2n) is 7.20. The van der Waals surface area contributed by atoms with Crippen molar-refractivity contribution in [2.24, 2.45) is 0 Å². The van der Waals surface area contributed by atoms with Crippen LogP contribution in [0.2, 0.25) is 5.02 Å². The molecular formula is C22H24ClN3O6S. The number of esters is 1. The maximum absolute atomic E-state index is 12.6. The summed E-state index contributed by atoms with van der Waals surface area (Å²) >= 11 is 7.47. The normalized spacial score (nSPS) is 11.4. The number of anilines is 1. The van der Waals surface area contributed by atoms with Gasteiger partial charge in [0.1, 0.15) is 6.04 Å². The number of hydrogen-bond donors (Lipinski definition) is 2. The number of nitrogens with zero attached hydrogens (tertiary/aromatic N) is 1. The minimum atomic E-state index is -1.02. The number of carbonyl (C=O) groups excluding carboxylic acids is 3. The van der Waals surface area contributed by atoms with Crippen LogP contribution >= 0.6 is 23.4 Å². The number of thioether (sulfide) groups is 1. The van der Waals surface area contributed by atoms with E-state index in [1.54, 1.807) is 0 Å². The van der Waals surface area contributed by atoms with E-state index in [1.165, 1.54) is 17.8 Å². The van der Waals surface area contributed by atoms with Crippen molar-refractivity contribution in [1.29, 1.82) is 0 Å². The molecule has 0 saturated heterocycles. The first-order valence-corrected chi connectivity index (χ1v) is 11.7. The molecule has 2 aromatic carbocycles. The van der Waals surface area contributed by atoms with Gasteiger partial charge in [-0.25, -0.2) is 4.79 Å². The highest BCUT2D eigenvalue weighted by molar-refractivity contribution is 7.98. The van der Waals surface area contributed by atoms with Crippen molar-refractivity contribution in [3.05, 3.63) is 68.2 Å². The van der Waals surface area contributed by atoms with Crippen molar-refractivity contribution in [1.82, 2.24) is 5.32 Å². The van der Waals surface area contributed by atoms with Crippen molar-refractivity contribution in [2.75, 3.05) is 23.9 Å². The molecule has 176 valence electrons. The standard InChI is InChI=1S/C22H24ClN3O6S/c1-13-4-5-14(2)19(10-13)24-20(27)12-32-22(29)18(8-9-33-3)25-21(28)16-7-6-15(26(30)31)11-17(16)23/h4-7,10-11,18H,8-9,12H2,1-3H3,(H,24,27)(H,25,28)/t18-/m0/s1. The fourth-order valence-electron chi connectivity index (χ4n) is 2.82. The fourth-order valence-corrected chi connectivity index (χ4v) is 3.55. The topological polar surface area (TPSA) is 128 Å². The highest BCUT2D eigenvalue weighted by Gasteiger charge is 2.25. The van der Waals surface area contributed by atoms with Crippen LogP contribution in [0.4, 0.5) is 11.4 Å². The summed E-state index contributed by atoms with van der Waals surface area (Å²) in [4.78, 5) is 47.6. The Labute approximate surface area is 200 Å². The minimum absolute atomic E-state index is 0.0168. The molecule has 0 saturated carbocycles. The monoisotopic (exact) mass is 493 g/mol. The lowest BCUT2D eigenvalue weighted by molar-refractivity contribution is -0.384. The van der Waals surface area contributed by atoms with Crippen LogP contribution in [-0.2, 0) is 14.3 Å². The van der Waals surface area contributed by atoms with Gasteiger partial charge in [-0.2, -0.15) is 11.8 Å². The predicted molar refractivity (Wildman–Crippen MR) is 128 cm³/mol. The maximum Gasteiger partial charge on any atom is 0.329 e. The molecule has 0 bridgehead atoms. The summed E-state index contributed by atoms with van der Waals surface area (Å²) in [6.45, 7) is 3.22. The van der Waals surface area contributed by atoms with E-state index in [0.717, 1.165) is 23.3 Å². The number of benzene rings is 2. The number of non-ortho nitro benzene ring substituents is 1. The zero-order valence-corrected chi connectivity index (χ0v) is 19.9. The first-order valence-electron chi connectivity index (χ1n) is 9.90. The molecule has 0 aliphatic rings. The average Bonchev–Trinajstić information content (AvgIpc) is 2.77. The Balaban J connectivity index is 2.02. The number of carbonyl (C=O) groups is 3. The molecule has 0 aromatic heterocycles. The first kappa shape index (κ1) is 26.1. The zero-order chi connectivity index (χ0) is 24.5. The molecule has 0 unspecified atom stereocenters. The first-order chi connectivity index (χ1) is 15.6. The van der Waals surface area contributed by atoms with E-state index in [1.807, 2.05) is 38.3 Å². The van der Waals surface area contributed by atoms with E-state index in [0.29, 0.717) is 11.4 Å². The van der Waals surface area contributed by atoms with Gasteiger partial charge < -0.3 is 15.4 Å².